The van der Waals surface area contributed by atoms with Crippen molar-refractivity contribution in [2.75, 3.05) is 11.9 Å². The number of rotatable bonds is 8. The van der Waals surface area contributed by atoms with E-state index in [4.69, 9.17) is 9.72 Å². The molecule has 1 fully saturated rings. The van der Waals surface area contributed by atoms with E-state index in [9.17, 15) is 9.90 Å². The van der Waals surface area contributed by atoms with E-state index < -0.39 is 12.1 Å². The summed E-state index contributed by atoms with van der Waals surface area (Å²) in [7, 11) is 0. The third kappa shape index (κ3) is 6.16. The Morgan fingerprint density at radius 1 is 1.05 bits per heavy atom. The van der Waals surface area contributed by atoms with Gasteiger partial charge >= 0.3 is 6.09 Å². The fourth-order valence-corrected chi connectivity index (χ4v) is 4.81. The summed E-state index contributed by atoms with van der Waals surface area (Å²) < 4.78 is 5.51. The summed E-state index contributed by atoms with van der Waals surface area (Å²) in [6, 6.07) is 20.3. The third-order valence-electron chi connectivity index (χ3n) is 6.70. The number of nitrogens with zero attached hydrogens (tertiary/aromatic N) is 2. The van der Waals surface area contributed by atoms with E-state index in [0.29, 0.717) is 17.7 Å². The van der Waals surface area contributed by atoms with Crippen LogP contribution in [0.1, 0.15) is 55.2 Å². The molecule has 2 aromatic carbocycles. The molecule has 1 atom stereocenters. The number of aliphatic hydroxyl groups excluding tert-OH is 1. The highest BCUT2D eigenvalue weighted by atomic mass is 16.6. The Morgan fingerprint density at radius 3 is 2.51 bits per heavy atom. The molecule has 2 aromatic heterocycles. The molecule has 5 rings (SSSR count). The standard InChI is InChI=1S/C29H31N5O3/c35-19-25(21-12-6-2-7-13-21)33-29(36)37-26-16-22(17-30-26)27-24(20-10-4-1-5-11-20)18-31-28(34-27)32-23-14-8-3-9-15-23/h2-3,6-9,12-18,20,25,30,35H,1,4-5,10-11,19H2,(H,33,36)(H,31,32,34). The van der Waals surface area contributed by atoms with Crippen LogP contribution in [0, 0.1) is 0 Å². The molecular formula is C29H31N5O3. The fourth-order valence-electron chi connectivity index (χ4n) is 4.81. The van der Waals surface area contributed by atoms with Gasteiger partial charge in [-0.3, -0.25) is 0 Å². The molecular weight excluding hydrogens is 466 g/mol. The zero-order chi connectivity index (χ0) is 25.5. The Kier molecular flexibility index (Phi) is 7.76. The minimum atomic E-state index is -0.655. The normalized spacial score (nSPS) is 14.6. The number of hydrogen-bond acceptors (Lipinski definition) is 6. The molecule has 1 amide bonds. The van der Waals surface area contributed by atoms with E-state index in [-0.39, 0.29) is 6.61 Å². The number of aromatic nitrogens is 3. The van der Waals surface area contributed by atoms with Gasteiger partial charge in [0.25, 0.3) is 0 Å². The van der Waals surface area contributed by atoms with Gasteiger partial charge in [-0.25, -0.2) is 14.8 Å². The average Bonchev–Trinajstić information content (AvgIpc) is 3.41. The van der Waals surface area contributed by atoms with Crippen LogP contribution < -0.4 is 15.4 Å². The summed E-state index contributed by atoms with van der Waals surface area (Å²) in [6.07, 6.45) is 8.94. The highest BCUT2D eigenvalue weighted by Crippen LogP contribution is 2.38. The number of amides is 1. The van der Waals surface area contributed by atoms with Crippen LogP contribution >= 0.6 is 0 Å². The molecule has 1 aliphatic carbocycles. The zero-order valence-electron chi connectivity index (χ0n) is 20.6. The Morgan fingerprint density at radius 2 is 1.78 bits per heavy atom. The van der Waals surface area contributed by atoms with Crippen molar-refractivity contribution in [2.45, 2.75) is 44.1 Å². The van der Waals surface area contributed by atoms with Gasteiger partial charge in [0.15, 0.2) is 0 Å². The van der Waals surface area contributed by atoms with Gasteiger partial charge in [-0.15, -0.1) is 0 Å². The van der Waals surface area contributed by atoms with Crippen LogP contribution in [0.4, 0.5) is 16.4 Å². The lowest BCUT2D eigenvalue weighted by Crippen LogP contribution is -2.33. The Hall–Kier alpha value is -4.17. The van der Waals surface area contributed by atoms with Crippen LogP contribution in [0.25, 0.3) is 11.3 Å². The number of aromatic amines is 1. The molecule has 4 N–H and O–H groups in total. The molecule has 190 valence electrons. The van der Waals surface area contributed by atoms with Crippen LogP contribution in [0.2, 0.25) is 0 Å². The second-order valence-corrected chi connectivity index (χ2v) is 9.26. The van der Waals surface area contributed by atoms with Crippen LogP contribution in [0.5, 0.6) is 5.88 Å². The Balaban J connectivity index is 1.36. The first kappa shape index (κ1) is 24.5. The van der Waals surface area contributed by atoms with Crippen molar-refractivity contribution >= 4 is 17.7 Å². The lowest BCUT2D eigenvalue weighted by Gasteiger charge is -2.23. The van der Waals surface area contributed by atoms with Crippen molar-refractivity contribution in [3.8, 4) is 17.1 Å². The fraction of sp³-hybridized carbons (Fsp3) is 0.276. The zero-order valence-corrected chi connectivity index (χ0v) is 20.6. The van der Waals surface area contributed by atoms with E-state index in [1.54, 1.807) is 12.3 Å². The molecule has 2 heterocycles. The monoisotopic (exact) mass is 497 g/mol. The summed E-state index contributed by atoms with van der Waals surface area (Å²) in [4.78, 5) is 25.1. The largest absolute Gasteiger partial charge is 0.414 e. The molecule has 0 spiro atoms. The molecule has 0 saturated heterocycles. The first-order valence-corrected chi connectivity index (χ1v) is 12.7. The highest BCUT2D eigenvalue weighted by molar-refractivity contribution is 5.72. The molecule has 0 bridgehead atoms. The maximum absolute atomic E-state index is 12.6. The van der Waals surface area contributed by atoms with Crippen molar-refractivity contribution in [3.63, 3.8) is 0 Å². The van der Waals surface area contributed by atoms with Gasteiger partial charge in [-0.1, -0.05) is 67.8 Å². The second kappa shape index (κ2) is 11.7. The Labute approximate surface area is 216 Å². The van der Waals surface area contributed by atoms with Gasteiger partial charge in [0.1, 0.15) is 0 Å². The van der Waals surface area contributed by atoms with E-state index in [2.05, 4.69) is 20.6 Å². The minimum Gasteiger partial charge on any atom is -0.394 e. The number of para-hydroxylation sites is 1. The lowest BCUT2D eigenvalue weighted by atomic mass is 9.83. The molecule has 0 radical (unpaired) electrons. The maximum Gasteiger partial charge on any atom is 0.414 e. The van der Waals surface area contributed by atoms with Crippen molar-refractivity contribution in [2.24, 2.45) is 0 Å². The molecule has 4 aromatic rings. The van der Waals surface area contributed by atoms with Crippen molar-refractivity contribution in [1.29, 1.82) is 0 Å². The number of aliphatic hydroxyl groups is 1. The predicted molar refractivity (Wildman–Crippen MR) is 143 cm³/mol. The van der Waals surface area contributed by atoms with Crippen molar-refractivity contribution < 1.29 is 14.6 Å². The van der Waals surface area contributed by atoms with Gasteiger partial charge in [-0.2, -0.15) is 0 Å². The maximum atomic E-state index is 12.6. The number of benzene rings is 2. The smallest absolute Gasteiger partial charge is 0.394 e. The number of anilines is 2. The topological polar surface area (TPSA) is 112 Å². The Bertz CT molecular complexity index is 1300. The van der Waals surface area contributed by atoms with Crippen LogP contribution in [-0.2, 0) is 0 Å². The summed E-state index contributed by atoms with van der Waals surface area (Å²) in [5.41, 5.74) is 4.46. The molecule has 1 aliphatic rings. The molecule has 37 heavy (non-hydrogen) atoms. The average molecular weight is 498 g/mol. The minimum absolute atomic E-state index is 0.238. The third-order valence-corrected chi connectivity index (χ3v) is 6.70. The molecule has 8 nitrogen and oxygen atoms in total. The SMILES string of the molecule is O=C(NC(CO)c1ccccc1)Oc1cc(-c2nc(Nc3ccccc3)ncc2C2CCCCC2)c[nH]1. The summed E-state index contributed by atoms with van der Waals surface area (Å²) in [5, 5.41) is 15.7. The second-order valence-electron chi connectivity index (χ2n) is 9.26. The van der Waals surface area contributed by atoms with E-state index in [1.165, 1.54) is 19.3 Å². The van der Waals surface area contributed by atoms with Crippen molar-refractivity contribution in [3.05, 3.63) is 90.3 Å². The number of nitrogens with one attached hydrogen (secondary N) is 3. The number of hydrogen-bond donors (Lipinski definition) is 4. The van der Waals surface area contributed by atoms with Crippen LogP contribution in [0.15, 0.2) is 79.1 Å². The van der Waals surface area contributed by atoms with Gasteiger partial charge in [0.2, 0.25) is 11.8 Å². The number of carbonyl (C=O) groups is 1. The molecule has 1 saturated carbocycles. The number of carbonyl (C=O) groups excluding carboxylic acids is 1. The van der Waals surface area contributed by atoms with Crippen molar-refractivity contribution in [1.82, 2.24) is 20.3 Å². The molecule has 8 heteroatoms. The first-order chi connectivity index (χ1) is 18.2. The first-order valence-electron chi connectivity index (χ1n) is 12.7. The molecule has 1 unspecified atom stereocenters. The van der Waals surface area contributed by atoms with E-state index in [0.717, 1.165) is 40.9 Å². The predicted octanol–water partition coefficient (Wildman–Crippen LogP) is 6.09. The molecule has 0 aliphatic heterocycles. The summed E-state index contributed by atoms with van der Waals surface area (Å²) in [5.74, 6) is 1.20. The van der Waals surface area contributed by atoms with E-state index in [1.807, 2.05) is 66.9 Å². The van der Waals surface area contributed by atoms with Gasteiger partial charge in [0, 0.05) is 35.3 Å². The van der Waals surface area contributed by atoms with Crippen LogP contribution in [-0.4, -0.2) is 32.8 Å². The van der Waals surface area contributed by atoms with Gasteiger partial charge < -0.3 is 25.5 Å². The number of ether oxygens (including phenoxy) is 1. The van der Waals surface area contributed by atoms with Gasteiger partial charge in [0.05, 0.1) is 18.3 Å². The van der Waals surface area contributed by atoms with Crippen LogP contribution in [0.3, 0.4) is 0 Å². The summed E-state index contributed by atoms with van der Waals surface area (Å²) >= 11 is 0. The lowest BCUT2D eigenvalue weighted by molar-refractivity contribution is 0.182. The van der Waals surface area contributed by atoms with Gasteiger partial charge in [-0.05, 0) is 36.5 Å². The highest BCUT2D eigenvalue weighted by Gasteiger charge is 2.23. The van der Waals surface area contributed by atoms with E-state index >= 15 is 0 Å². The summed E-state index contributed by atoms with van der Waals surface area (Å²) in [6.45, 7) is -0.238. The quantitative estimate of drug-likeness (QED) is 0.235. The number of H-pyrrole nitrogens is 1.